The highest BCUT2D eigenvalue weighted by Gasteiger charge is 2.12. The van der Waals surface area contributed by atoms with Gasteiger partial charge >= 0.3 is 5.91 Å². The molecule has 0 fully saturated rings. The highest BCUT2D eigenvalue weighted by molar-refractivity contribution is 5.94. The maximum absolute atomic E-state index is 12.0. The fourth-order valence-corrected chi connectivity index (χ4v) is 2.73. The van der Waals surface area contributed by atoms with Gasteiger partial charge in [0.15, 0.2) is 12.3 Å². The van der Waals surface area contributed by atoms with Gasteiger partial charge in [0, 0.05) is 5.39 Å². The van der Waals surface area contributed by atoms with E-state index in [4.69, 9.17) is 4.74 Å². The van der Waals surface area contributed by atoms with Crippen LogP contribution in [0.5, 0.6) is 11.6 Å². The van der Waals surface area contributed by atoms with E-state index in [1.54, 1.807) is 6.07 Å². The molecule has 1 amide bonds. The van der Waals surface area contributed by atoms with Crippen molar-refractivity contribution >= 4 is 22.5 Å². The van der Waals surface area contributed by atoms with Crippen molar-refractivity contribution in [2.45, 2.75) is 26.2 Å². The lowest BCUT2D eigenvalue weighted by Gasteiger charge is -2.14. The van der Waals surface area contributed by atoms with Crippen molar-refractivity contribution < 1.29 is 14.6 Å². The van der Waals surface area contributed by atoms with Crippen molar-refractivity contribution in [3.63, 3.8) is 0 Å². The molecule has 1 aromatic heterocycles. The van der Waals surface area contributed by atoms with Crippen LogP contribution in [0.4, 0.5) is 5.69 Å². The van der Waals surface area contributed by atoms with Crippen molar-refractivity contribution in [1.29, 1.82) is 0 Å². The molecule has 0 saturated carbocycles. The van der Waals surface area contributed by atoms with E-state index in [1.165, 1.54) is 0 Å². The average molecular weight is 351 g/mol. The Hall–Kier alpha value is -3.15. The van der Waals surface area contributed by atoms with E-state index >= 15 is 0 Å². The van der Waals surface area contributed by atoms with Crippen molar-refractivity contribution in [2.75, 3.05) is 6.61 Å². The van der Waals surface area contributed by atoms with Gasteiger partial charge in [-0.1, -0.05) is 50.2 Å². The summed E-state index contributed by atoms with van der Waals surface area (Å²) in [6.07, 6.45) is 0.980. The first-order valence-corrected chi connectivity index (χ1v) is 8.56. The number of aromatic hydroxyl groups is 1. The van der Waals surface area contributed by atoms with Crippen molar-refractivity contribution in [3.8, 4) is 11.6 Å². The molecule has 1 unspecified atom stereocenters. The molecule has 0 aliphatic heterocycles. The van der Waals surface area contributed by atoms with Gasteiger partial charge in [-0.15, -0.1) is 10.2 Å². The van der Waals surface area contributed by atoms with Gasteiger partial charge in [-0.2, -0.15) is 0 Å². The van der Waals surface area contributed by atoms with Gasteiger partial charge in [0.1, 0.15) is 5.75 Å². The fraction of sp³-hybridized carbons (Fsp3) is 0.250. The number of carbonyl (C=O) groups is 1. The SMILES string of the molecule is CCC(C)c1ccccc1OCC(=O)N=Nc1c(O)[nH]c2ccccc12. The summed E-state index contributed by atoms with van der Waals surface area (Å²) in [5.41, 5.74) is 2.04. The molecule has 3 aromatic rings. The van der Waals surface area contributed by atoms with Gasteiger partial charge in [-0.3, -0.25) is 4.79 Å². The lowest BCUT2D eigenvalue weighted by atomic mass is 9.98. The van der Waals surface area contributed by atoms with E-state index in [9.17, 15) is 9.90 Å². The number of benzene rings is 2. The van der Waals surface area contributed by atoms with E-state index in [0.29, 0.717) is 17.1 Å². The maximum Gasteiger partial charge on any atom is 0.302 e. The highest BCUT2D eigenvalue weighted by atomic mass is 16.5. The Labute approximate surface area is 151 Å². The first-order valence-electron chi connectivity index (χ1n) is 8.56. The summed E-state index contributed by atoms with van der Waals surface area (Å²) in [7, 11) is 0. The number of para-hydroxylation sites is 2. The summed E-state index contributed by atoms with van der Waals surface area (Å²) in [5, 5.41) is 18.2. The van der Waals surface area contributed by atoms with Crippen LogP contribution >= 0.6 is 0 Å². The Bertz CT molecular complexity index is 946. The zero-order valence-electron chi connectivity index (χ0n) is 14.8. The fourth-order valence-electron chi connectivity index (χ4n) is 2.73. The molecule has 6 heteroatoms. The Morgan fingerprint density at radius 2 is 1.92 bits per heavy atom. The van der Waals surface area contributed by atoms with Gasteiger partial charge in [0.05, 0.1) is 5.52 Å². The number of ether oxygens (including phenoxy) is 1. The molecule has 3 rings (SSSR count). The molecule has 0 aliphatic rings. The minimum atomic E-state index is -0.520. The number of carbonyl (C=O) groups excluding carboxylic acids is 1. The third-order valence-electron chi connectivity index (χ3n) is 4.33. The van der Waals surface area contributed by atoms with Gasteiger partial charge in [0.25, 0.3) is 0 Å². The summed E-state index contributed by atoms with van der Waals surface area (Å²) >= 11 is 0. The van der Waals surface area contributed by atoms with Crippen LogP contribution in [-0.2, 0) is 4.79 Å². The number of rotatable bonds is 6. The first-order chi connectivity index (χ1) is 12.6. The zero-order chi connectivity index (χ0) is 18.5. The minimum Gasteiger partial charge on any atom is -0.493 e. The summed E-state index contributed by atoms with van der Waals surface area (Å²) in [6.45, 7) is 4.01. The number of H-pyrrole nitrogens is 1. The van der Waals surface area contributed by atoms with E-state index in [-0.39, 0.29) is 18.2 Å². The molecule has 2 aromatic carbocycles. The summed E-state index contributed by atoms with van der Waals surface area (Å²) in [6, 6.07) is 14.9. The lowest BCUT2D eigenvalue weighted by Crippen LogP contribution is -2.09. The monoisotopic (exact) mass is 351 g/mol. The van der Waals surface area contributed by atoms with Crippen LogP contribution < -0.4 is 4.74 Å². The number of aromatic amines is 1. The van der Waals surface area contributed by atoms with E-state index in [0.717, 1.165) is 17.5 Å². The second-order valence-electron chi connectivity index (χ2n) is 6.10. The van der Waals surface area contributed by atoms with Crippen molar-refractivity contribution in [3.05, 3.63) is 54.1 Å². The van der Waals surface area contributed by atoms with Crippen LogP contribution in [0.2, 0.25) is 0 Å². The van der Waals surface area contributed by atoms with E-state index < -0.39 is 5.91 Å². The number of amides is 1. The van der Waals surface area contributed by atoms with Gasteiger partial charge in [-0.25, -0.2) is 0 Å². The first kappa shape index (κ1) is 17.7. The molecule has 0 spiro atoms. The van der Waals surface area contributed by atoms with Crippen LogP contribution in [0.25, 0.3) is 10.9 Å². The Morgan fingerprint density at radius 1 is 1.19 bits per heavy atom. The molecule has 1 heterocycles. The van der Waals surface area contributed by atoms with Gasteiger partial charge in [-0.05, 0) is 30.0 Å². The van der Waals surface area contributed by atoms with Crippen LogP contribution in [0, 0.1) is 0 Å². The Balaban J connectivity index is 1.70. The Kier molecular flexibility index (Phi) is 5.31. The van der Waals surface area contributed by atoms with Gasteiger partial charge < -0.3 is 14.8 Å². The third kappa shape index (κ3) is 3.74. The normalized spacial score (nSPS) is 12.5. The van der Waals surface area contributed by atoms with Crippen LogP contribution in [0.1, 0.15) is 31.7 Å². The number of azo groups is 1. The second-order valence-corrected chi connectivity index (χ2v) is 6.10. The molecule has 0 aliphatic carbocycles. The maximum atomic E-state index is 12.0. The van der Waals surface area contributed by atoms with Crippen LogP contribution in [0.3, 0.4) is 0 Å². The molecule has 26 heavy (non-hydrogen) atoms. The van der Waals surface area contributed by atoms with E-state index in [1.807, 2.05) is 42.5 Å². The van der Waals surface area contributed by atoms with Crippen molar-refractivity contribution in [1.82, 2.24) is 4.98 Å². The number of fused-ring (bicyclic) bond motifs is 1. The predicted octanol–water partition coefficient (Wildman–Crippen LogP) is 5.08. The second kappa shape index (κ2) is 7.82. The Morgan fingerprint density at radius 3 is 2.73 bits per heavy atom. The topological polar surface area (TPSA) is 87.0 Å². The molecule has 2 N–H and O–H groups in total. The van der Waals surface area contributed by atoms with Crippen LogP contribution in [-0.4, -0.2) is 22.6 Å². The molecule has 0 radical (unpaired) electrons. The molecule has 6 nitrogen and oxygen atoms in total. The molecule has 0 bridgehead atoms. The largest absolute Gasteiger partial charge is 0.493 e. The number of aromatic nitrogens is 1. The van der Waals surface area contributed by atoms with Crippen LogP contribution in [0.15, 0.2) is 58.8 Å². The average Bonchev–Trinajstić information content (AvgIpc) is 2.99. The summed E-state index contributed by atoms with van der Waals surface area (Å²) < 4.78 is 5.64. The number of hydrogen-bond acceptors (Lipinski definition) is 4. The minimum absolute atomic E-state index is 0.120. The number of hydrogen-bond donors (Lipinski definition) is 2. The summed E-state index contributed by atoms with van der Waals surface area (Å²) in [4.78, 5) is 14.8. The third-order valence-corrected chi connectivity index (χ3v) is 4.33. The predicted molar refractivity (Wildman–Crippen MR) is 100 cm³/mol. The number of nitrogens with one attached hydrogen (secondary N) is 1. The quantitative estimate of drug-likeness (QED) is 0.607. The smallest absolute Gasteiger partial charge is 0.302 e. The highest BCUT2D eigenvalue weighted by Crippen LogP contribution is 2.35. The van der Waals surface area contributed by atoms with Gasteiger partial charge in [0.2, 0.25) is 5.88 Å². The number of nitrogens with zero attached hydrogens (tertiary/aromatic N) is 2. The van der Waals surface area contributed by atoms with Crippen molar-refractivity contribution in [2.24, 2.45) is 10.2 Å². The zero-order valence-corrected chi connectivity index (χ0v) is 14.8. The molecular weight excluding hydrogens is 330 g/mol. The standard InChI is InChI=1S/C20H21N3O3/c1-3-13(2)14-8-5-7-11-17(14)26-12-18(24)22-23-19-15-9-4-6-10-16(15)21-20(19)25/h4-11,13,21,25H,3,12H2,1-2H3. The molecule has 0 saturated heterocycles. The van der Waals surface area contributed by atoms with E-state index in [2.05, 4.69) is 29.1 Å². The molecular formula is C20H21N3O3. The lowest BCUT2D eigenvalue weighted by molar-refractivity contribution is -0.120. The molecule has 134 valence electrons. The molecule has 1 atom stereocenters. The summed E-state index contributed by atoms with van der Waals surface area (Å²) in [5.74, 6) is 0.380.